The zero-order valence-corrected chi connectivity index (χ0v) is 12.9. The van der Waals surface area contributed by atoms with Gasteiger partial charge < -0.3 is 9.47 Å². The van der Waals surface area contributed by atoms with Crippen molar-refractivity contribution in [1.29, 1.82) is 0 Å². The number of morpholine rings is 1. The zero-order valence-electron chi connectivity index (χ0n) is 12.1. The van der Waals surface area contributed by atoms with Gasteiger partial charge in [-0.25, -0.2) is 13.2 Å². The first-order valence-corrected chi connectivity index (χ1v) is 8.24. The maximum absolute atomic E-state index is 12.5. The molecule has 6 nitrogen and oxygen atoms in total. The van der Waals surface area contributed by atoms with Gasteiger partial charge in [0.15, 0.2) is 0 Å². The minimum atomic E-state index is -3.60. The number of benzene rings is 1. The van der Waals surface area contributed by atoms with Gasteiger partial charge in [0.25, 0.3) is 0 Å². The van der Waals surface area contributed by atoms with Gasteiger partial charge >= 0.3 is 5.97 Å². The first kappa shape index (κ1) is 15.9. The molecular formula is C14H19NO5S. The third kappa shape index (κ3) is 3.81. The standard InChI is InChI=1S/C14H19NO5S/c1-11(2)20-14(16)12-4-3-5-13(10-12)21(17,18)15-6-8-19-9-7-15/h3-5,10-11H,6-9H2,1-2H3. The normalized spacial score (nSPS) is 16.9. The molecule has 1 saturated heterocycles. The van der Waals surface area contributed by atoms with Crippen LogP contribution in [0, 0.1) is 0 Å². The number of rotatable bonds is 4. The molecule has 0 atom stereocenters. The molecule has 0 aliphatic carbocycles. The molecular weight excluding hydrogens is 294 g/mol. The van der Waals surface area contributed by atoms with Crippen LogP contribution in [0.3, 0.4) is 0 Å². The van der Waals surface area contributed by atoms with E-state index in [1.54, 1.807) is 26.0 Å². The Bertz CT molecular complexity index is 606. The summed E-state index contributed by atoms with van der Waals surface area (Å²) in [7, 11) is -3.60. The van der Waals surface area contributed by atoms with Gasteiger partial charge in [-0.05, 0) is 32.0 Å². The predicted molar refractivity (Wildman–Crippen MR) is 76.6 cm³/mol. The van der Waals surface area contributed by atoms with Crippen LogP contribution in [0.25, 0.3) is 0 Å². The fourth-order valence-electron chi connectivity index (χ4n) is 2.00. The molecule has 116 valence electrons. The van der Waals surface area contributed by atoms with Gasteiger partial charge in [0.1, 0.15) is 0 Å². The quantitative estimate of drug-likeness (QED) is 0.783. The van der Waals surface area contributed by atoms with Crippen LogP contribution in [-0.2, 0) is 19.5 Å². The molecule has 2 rings (SSSR count). The van der Waals surface area contributed by atoms with E-state index >= 15 is 0 Å². The van der Waals surface area contributed by atoms with Gasteiger partial charge in [-0.1, -0.05) is 6.07 Å². The summed E-state index contributed by atoms with van der Waals surface area (Å²) >= 11 is 0. The number of esters is 1. The summed E-state index contributed by atoms with van der Waals surface area (Å²) in [5.74, 6) is -0.524. The van der Waals surface area contributed by atoms with Gasteiger partial charge in [-0.3, -0.25) is 0 Å². The first-order valence-electron chi connectivity index (χ1n) is 6.80. The van der Waals surface area contributed by atoms with E-state index in [0.717, 1.165) is 0 Å². The number of nitrogens with zero attached hydrogens (tertiary/aromatic N) is 1. The highest BCUT2D eigenvalue weighted by Gasteiger charge is 2.27. The minimum Gasteiger partial charge on any atom is -0.459 e. The van der Waals surface area contributed by atoms with Gasteiger partial charge in [0.2, 0.25) is 10.0 Å². The molecule has 0 spiro atoms. The highest BCUT2D eigenvalue weighted by molar-refractivity contribution is 7.89. The molecule has 7 heteroatoms. The lowest BCUT2D eigenvalue weighted by atomic mass is 10.2. The molecule has 0 aromatic heterocycles. The van der Waals surface area contributed by atoms with Crippen LogP contribution in [0.2, 0.25) is 0 Å². The molecule has 0 unspecified atom stereocenters. The van der Waals surface area contributed by atoms with Crippen molar-refractivity contribution in [2.24, 2.45) is 0 Å². The summed E-state index contributed by atoms with van der Waals surface area (Å²) in [5.41, 5.74) is 0.234. The molecule has 1 aliphatic heterocycles. The maximum Gasteiger partial charge on any atom is 0.338 e. The number of hydrogen-bond acceptors (Lipinski definition) is 5. The average molecular weight is 313 g/mol. The van der Waals surface area contributed by atoms with Crippen LogP contribution in [0.1, 0.15) is 24.2 Å². The second kappa shape index (κ2) is 6.55. The smallest absolute Gasteiger partial charge is 0.338 e. The fraction of sp³-hybridized carbons (Fsp3) is 0.500. The van der Waals surface area contributed by atoms with Crippen molar-refractivity contribution in [3.63, 3.8) is 0 Å². The molecule has 21 heavy (non-hydrogen) atoms. The Hall–Kier alpha value is -1.44. The Morgan fingerprint density at radius 2 is 1.95 bits per heavy atom. The molecule has 1 aromatic rings. The summed E-state index contributed by atoms with van der Waals surface area (Å²) in [5, 5.41) is 0. The Balaban J connectivity index is 2.25. The number of ether oxygens (including phenoxy) is 2. The molecule has 1 aromatic carbocycles. The van der Waals surface area contributed by atoms with Crippen molar-refractivity contribution >= 4 is 16.0 Å². The Morgan fingerprint density at radius 1 is 1.29 bits per heavy atom. The van der Waals surface area contributed by atoms with E-state index in [1.165, 1.54) is 16.4 Å². The van der Waals surface area contributed by atoms with Gasteiger partial charge in [0, 0.05) is 13.1 Å². The van der Waals surface area contributed by atoms with Crippen LogP contribution >= 0.6 is 0 Å². The predicted octanol–water partition coefficient (Wildman–Crippen LogP) is 1.27. The largest absolute Gasteiger partial charge is 0.459 e. The van der Waals surface area contributed by atoms with Crippen molar-refractivity contribution in [3.8, 4) is 0 Å². The second-order valence-electron chi connectivity index (χ2n) is 5.00. The molecule has 1 aliphatic rings. The number of carbonyl (C=O) groups is 1. The topological polar surface area (TPSA) is 72.9 Å². The van der Waals surface area contributed by atoms with Crippen molar-refractivity contribution in [2.75, 3.05) is 26.3 Å². The molecule has 0 N–H and O–H groups in total. The second-order valence-corrected chi connectivity index (χ2v) is 6.94. The van der Waals surface area contributed by atoms with E-state index in [9.17, 15) is 13.2 Å². The van der Waals surface area contributed by atoms with Crippen molar-refractivity contribution < 1.29 is 22.7 Å². The monoisotopic (exact) mass is 313 g/mol. The number of sulfonamides is 1. The molecule has 0 saturated carbocycles. The summed E-state index contributed by atoms with van der Waals surface area (Å²) in [4.78, 5) is 12.0. The Labute approximate surface area is 124 Å². The molecule has 1 heterocycles. The lowest BCUT2D eigenvalue weighted by molar-refractivity contribution is 0.0377. The van der Waals surface area contributed by atoms with Crippen LogP contribution in [-0.4, -0.2) is 51.1 Å². The third-order valence-electron chi connectivity index (χ3n) is 3.02. The van der Waals surface area contributed by atoms with Gasteiger partial charge in [0.05, 0.1) is 29.8 Å². The highest BCUT2D eigenvalue weighted by atomic mass is 32.2. The lowest BCUT2D eigenvalue weighted by Crippen LogP contribution is -2.40. The fourth-order valence-corrected chi connectivity index (χ4v) is 3.46. The SMILES string of the molecule is CC(C)OC(=O)c1cccc(S(=O)(=O)N2CCOCC2)c1. The Morgan fingerprint density at radius 3 is 2.57 bits per heavy atom. The van der Waals surface area contributed by atoms with E-state index < -0.39 is 16.0 Å². The molecule has 0 amide bonds. The van der Waals surface area contributed by atoms with E-state index in [2.05, 4.69) is 0 Å². The highest BCUT2D eigenvalue weighted by Crippen LogP contribution is 2.19. The third-order valence-corrected chi connectivity index (χ3v) is 4.91. The van der Waals surface area contributed by atoms with Crippen LogP contribution in [0.15, 0.2) is 29.2 Å². The lowest BCUT2D eigenvalue weighted by Gasteiger charge is -2.26. The first-order chi connectivity index (χ1) is 9.91. The van der Waals surface area contributed by atoms with Crippen molar-refractivity contribution in [2.45, 2.75) is 24.8 Å². The van der Waals surface area contributed by atoms with Crippen LogP contribution < -0.4 is 0 Å². The number of carbonyl (C=O) groups excluding carboxylic acids is 1. The minimum absolute atomic E-state index is 0.0996. The van der Waals surface area contributed by atoms with E-state index in [1.807, 2.05) is 0 Å². The van der Waals surface area contributed by atoms with E-state index in [0.29, 0.717) is 26.3 Å². The summed E-state index contributed by atoms with van der Waals surface area (Å²) in [6.07, 6.45) is -0.253. The van der Waals surface area contributed by atoms with Crippen LogP contribution in [0.5, 0.6) is 0 Å². The van der Waals surface area contributed by atoms with Crippen molar-refractivity contribution in [1.82, 2.24) is 4.31 Å². The summed E-state index contributed by atoms with van der Waals surface area (Å²) < 4.78 is 36.6. The van der Waals surface area contributed by atoms with Crippen LogP contribution in [0.4, 0.5) is 0 Å². The van der Waals surface area contributed by atoms with E-state index in [-0.39, 0.29) is 16.6 Å². The maximum atomic E-state index is 12.5. The molecule has 0 radical (unpaired) electrons. The number of hydrogen-bond donors (Lipinski definition) is 0. The summed E-state index contributed by atoms with van der Waals surface area (Å²) in [6.45, 7) is 4.90. The Kier molecular flexibility index (Phi) is 4.97. The van der Waals surface area contributed by atoms with Gasteiger partial charge in [-0.2, -0.15) is 4.31 Å². The summed E-state index contributed by atoms with van der Waals surface area (Å²) in [6, 6.07) is 5.93. The average Bonchev–Trinajstić information content (AvgIpc) is 2.47. The molecule has 1 fully saturated rings. The van der Waals surface area contributed by atoms with E-state index in [4.69, 9.17) is 9.47 Å². The van der Waals surface area contributed by atoms with Gasteiger partial charge in [-0.15, -0.1) is 0 Å². The zero-order chi connectivity index (χ0) is 15.5. The molecule has 0 bridgehead atoms. The van der Waals surface area contributed by atoms with Crippen molar-refractivity contribution in [3.05, 3.63) is 29.8 Å².